The number of hydrogen-bond donors (Lipinski definition) is 1. The molecule has 44 valence electrons. The van der Waals surface area contributed by atoms with E-state index in [2.05, 4.69) is 12.3 Å². The van der Waals surface area contributed by atoms with Crippen molar-refractivity contribution in [3.63, 3.8) is 0 Å². The molecule has 1 aromatic heterocycles. The second-order valence-electron chi connectivity index (χ2n) is 1.91. The maximum atomic E-state index is 5.56. The zero-order chi connectivity index (χ0) is 6.15. The van der Waals surface area contributed by atoms with Crippen molar-refractivity contribution in [2.45, 2.75) is 13.8 Å². The van der Waals surface area contributed by atoms with Gasteiger partial charge in [0.1, 0.15) is 0 Å². The fourth-order valence-corrected chi connectivity index (χ4v) is 1.34. The highest BCUT2D eigenvalue weighted by molar-refractivity contribution is 7.14. The average molecular weight is 127 g/mol. The van der Waals surface area contributed by atoms with Crippen LogP contribution in [-0.2, 0) is 0 Å². The van der Waals surface area contributed by atoms with E-state index in [0.717, 1.165) is 5.00 Å². The van der Waals surface area contributed by atoms with Crippen LogP contribution in [0.2, 0.25) is 0 Å². The molecule has 8 heavy (non-hydrogen) atoms. The Bertz CT molecular complexity index is 171. The highest BCUT2D eigenvalue weighted by Gasteiger charge is 1.96. The number of thiophene rings is 1. The highest BCUT2D eigenvalue weighted by atomic mass is 32.1. The predicted molar refractivity (Wildman–Crippen MR) is 38.2 cm³/mol. The van der Waals surface area contributed by atoms with E-state index in [0.29, 0.717) is 0 Å². The average Bonchev–Trinajstić information content (AvgIpc) is 1.98. The molecule has 0 aromatic carbocycles. The molecule has 0 aliphatic carbocycles. The van der Waals surface area contributed by atoms with Gasteiger partial charge in [0.15, 0.2) is 0 Å². The Labute approximate surface area is 53.1 Å². The standard InChI is InChI=1S/C6H9NS/c1-4-3-8-6(7)5(4)2/h3H,7H2,1-2H3. The van der Waals surface area contributed by atoms with Crippen LogP contribution in [0.15, 0.2) is 5.38 Å². The molecule has 0 aliphatic heterocycles. The normalized spacial score (nSPS) is 9.75. The minimum absolute atomic E-state index is 0.947. The number of hydrogen-bond acceptors (Lipinski definition) is 2. The van der Waals surface area contributed by atoms with Crippen molar-refractivity contribution in [2.75, 3.05) is 5.73 Å². The van der Waals surface area contributed by atoms with Crippen LogP contribution in [0.3, 0.4) is 0 Å². The first-order valence-corrected chi connectivity index (χ1v) is 3.40. The number of nitrogens with two attached hydrogens (primary N) is 1. The van der Waals surface area contributed by atoms with E-state index in [9.17, 15) is 0 Å². The zero-order valence-electron chi connectivity index (χ0n) is 5.06. The van der Waals surface area contributed by atoms with E-state index in [4.69, 9.17) is 5.73 Å². The van der Waals surface area contributed by atoms with Crippen molar-refractivity contribution in [1.82, 2.24) is 0 Å². The van der Waals surface area contributed by atoms with Gasteiger partial charge < -0.3 is 5.73 Å². The van der Waals surface area contributed by atoms with Gasteiger partial charge in [-0.3, -0.25) is 0 Å². The zero-order valence-corrected chi connectivity index (χ0v) is 5.88. The van der Waals surface area contributed by atoms with Crippen molar-refractivity contribution in [3.05, 3.63) is 16.5 Å². The van der Waals surface area contributed by atoms with E-state index < -0.39 is 0 Å². The summed E-state index contributed by atoms with van der Waals surface area (Å²) in [6.45, 7) is 4.11. The Morgan fingerprint density at radius 2 is 2.12 bits per heavy atom. The lowest BCUT2D eigenvalue weighted by atomic mass is 10.2. The first kappa shape index (κ1) is 5.63. The van der Waals surface area contributed by atoms with E-state index in [-0.39, 0.29) is 0 Å². The topological polar surface area (TPSA) is 26.0 Å². The summed E-state index contributed by atoms with van der Waals surface area (Å²) >= 11 is 1.61. The number of aryl methyl sites for hydroxylation is 1. The fraction of sp³-hybridized carbons (Fsp3) is 0.333. The lowest BCUT2D eigenvalue weighted by Gasteiger charge is -1.86. The molecule has 2 N–H and O–H groups in total. The van der Waals surface area contributed by atoms with Crippen molar-refractivity contribution in [1.29, 1.82) is 0 Å². The highest BCUT2D eigenvalue weighted by Crippen LogP contribution is 2.22. The second kappa shape index (κ2) is 1.78. The summed E-state index contributed by atoms with van der Waals surface area (Å²) in [6, 6.07) is 0. The van der Waals surface area contributed by atoms with E-state index >= 15 is 0 Å². The summed E-state index contributed by atoms with van der Waals surface area (Å²) in [7, 11) is 0. The summed E-state index contributed by atoms with van der Waals surface area (Å²) in [5.41, 5.74) is 8.09. The maximum absolute atomic E-state index is 5.56. The lowest BCUT2D eigenvalue weighted by molar-refractivity contribution is 1.41. The molecule has 0 atom stereocenters. The van der Waals surface area contributed by atoms with Gasteiger partial charge in [-0.2, -0.15) is 0 Å². The van der Waals surface area contributed by atoms with Gasteiger partial charge in [0.05, 0.1) is 5.00 Å². The van der Waals surface area contributed by atoms with Gasteiger partial charge in [-0.15, -0.1) is 11.3 Å². The first-order chi connectivity index (χ1) is 3.72. The van der Waals surface area contributed by atoms with Crippen LogP contribution in [0.5, 0.6) is 0 Å². The smallest absolute Gasteiger partial charge is 0.0888 e. The van der Waals surface area contributed by atoms with Gasteiger partial charge >= 0.3 is 0 Å². The van der Waals surface area contributed by atoms with E-state index in [1.54, 1.807) is 11.3 Å². The predicted octanol–water partition coefficient (Wildman–Crippen LogP) is 1.95. The Balaban J connectivity index is 3.19. The molecule has 0 unspecified atom stereocenters. The van der Waals surface area contributed by atoms with Crippen LogP contribution in [0, 0.1) is 13.8 Å². The second-order valence-corrected chi connectivity index (χ2v) is 2.82. The molecule has 1 nitrogen and oxygen atoms in total. The van der Waals surface area contributed by atoms with Crippen molar-refractivity contribution in [3.8, 4) is 0 Å². The van der Waals surface area contributed by atoms with E-state index in [1.807, 2.05) is 6.92 Å². The molecule has 0 fully saturated rings. The molecule has 2 heteroatoms. The Hall–Kier alpha value is -0.500. The summed E-state index contributed by atoms with van der Waals surface area (Å²) in [5.74, 6) is 0. The third kappa shape index (κ3) is 0.713. The molecule has 1 rings (SSSR count). The quantitative estimate of drug-likeness (QED) is 0.566. The molecule has 0 saturated heterocycles. The van der Waals surface area contributed by atoms with Gasteiger partial charge in [0.2, 0.25) is 0 Å². The lowest BCUT2D eigenvalue weighted by Crippen LogP contribution is -1.81. The number of rotatable bonds is 0. The Morgan fingerprint density at radius 1 is 1.50 bits per heavy atom. The first-order valence-electron chi connectivity index (χ1n) is 2.52. The molecular formula is C6H9NS. The van der Waals surface area contributed by atoms with Crippen molar-refractivity contribution < 1.29 is 0 Å². The molecule has 0 radical (unpaired) electrons. The molecule has 0 saturated carbocycles. The van der Waals surface area contributed by atoms with Crippen LogP contribution in [0.1, 0.15) is 11.1 Å². The minimum atomic E-state index is 0.947. The van der Waals surface area contributed by atoms with Gasteiger partial charge in [0.25, 0.3) is 0 Å². The van der Waals surface area contributed by atoms with E-state index in [1.165, 1.54) is 11.1 Å². The molecular weight excluding hydrogens is 118 g/mol. The Kier molecular flexibility index (Phi) is 1.26. The maximum Gasteiger partial charge on any atom is 0.0888 e. The fourth-order valence-electron chi connectivity index (χ4n) is 0.523. The van der Waals surface area contributed by atoms with Crippen LogP contribution in [0.4, 0.5) is 5.00 Å². The van der Waals surface area contributed by atoms with Crippen LogP contribution in [0.25, 0.3) is 0 Å². The molecule has 0 bridgehead atoms. The molecule has 0 spiro atoms. The number of anilines is 1. The van der Waals surface area contributed by atoms with Crippen LogP contribution < -0.4 is 5.73 Å². The van der Waals surface area contributed by atoms with Gasteiger partial charge in [-0.05, 0) is 30.4 Å². The largest absolute Gasteiger partial charge is 0.390 e. The minimum Gasteiger partial charge on any atom is -0.390 e. The van der Waals surface area contributed by atoms with Gasteiger partial charge in [-0.25, -0.2) is 0 Å². The van der Waals surface area contributed by atoms with Crippen LogP contribution >= 0.6 is 11.3 Å². The third-order valence-electron chi connectivity index (χ3n) is 1.32. The third-order valence-corrected chi connectivity index (χ3v) is 2.36. The molecule has 1 heterocycles. The number of nitrogen functional groups attached to an aromatic ring is 1. The summed E-state index contributed by atoms with van der Waals surface area (Å²) in [5, 5.41) is 3.02. The van der Waals surface area contributed by atoms with Crippen molar-refractivity contribution >= 4 is 16.3 Å². The summed E-state index contributed by atoms with van der Waals surface area (Å²) in [6.07, 6.45) is 0. The molecule has 0 amide bonds. The van der Waals surface area contributed by atoms with Crippen LogP contribution in [-0.4, -0.2) is 0 Å². The van der Waals surface area contributed by atoms with Crippen molar-refractivity contribution in [2.24, 2.45) is 0 Å². The Morgan fingerprint density at radius 3 is 2.25 bits per heavy atom. The SMILES string of the molecule is Cc1csc(N)c1C. The summed E-state index contributed by atoms with van der Waals surface area (Å²) in [4.78, 5) is 0. The summed E-state index contributed by atoms with van der Waals surface area (Å²) < 4.78 is 0. The van der Waals surface area contributed by atoms with Gasteiger partial charge in [-0.1, -0.05) is 0 Å². The molecule has 1 aromatic rings. The monoisotopic (exact) mass is 127 g/mol. The molecule has 0 aliphatic rings. The van der Waals surface area contributed by atoms with Gasteiger partial charge in [0, 0.05) is 0 Å².